The number of nitro groups is 2. The van der Waals surface area contributed by atoms with Crippen molar-refractivity contribution in [3.05, 3.63) is 99.1 Å². The van der Waals surface area contributed by atoms with Crippen LogP contribution in [0.25, 0.3) is 0 Å². The average molecular weight is 862 g/mol. The summed E-state index contributed by atoms with van der Waals surface area (Å²) in [4.78, 5) is 20.7. The van der Waals surface area contributed by atoms with Crippen LogP contribution in [-0.2, 0) is 47.1 Å². The van der Waals surface area contributed by atoms with E-state index in [1.165, 1.54) is 22.5 Å². The molecule has 3 aromatic rings. The molecule has 0 aromatic heterocycles. The SMILES string of the molecule is CC(C)(C)[Si](OCCOCCOCCOCCOCCOCCOCCOCCOCCOCCNc1ccc([N+](=O)[O-])cc1[N+](=O)[O-])(c1ccccc1)c1ccccc1. The van der Waals surface area contributed by atoms with Crippen LogP contribution in [-0.4, -0.2) is 150 Å². The van der Waals surface area contributed by atoms with Gasteiger partial charge in [-0.1, -0.05) is 81.4 Å². The molecule has 0 saturated carbocycles. The van der Waals surface area contributed by atoms with Crippen molar-refractivity contribution in [2.24, 2.45) is 0 Å². The van der Waals surface area contributed by atoms with Gasteiger partial charge in [-0.25, -0.2) is 0 Å². The Morgan fingerprint density at radius 3 is 1.17 bits per heavy atom. The predicted octanol–water partition coefficient (Wildman–Crippen LogP) is 4.64. The number of anilines is 1. The lowest BCUT2D eigenvalue weighted by Gasteiger charge is -2.43. The van der Waals surface area contributed by atoms with E-state index in [4.69, 9.17) is 47.1 Å². The van der Waals surface area contributed by atoms with Crippen molar-refractivity contribution in [3.63, 3.8) is 0 Å². The molecule has 0 radical (unpaired) electrons. The fraction of sp³-hybridized carbons (Fsp3) is 0.571. The monoisotopic (exact) mass is 861 g/mol. The van der Waals surface area contributed by atoms with Crippen molar-refractivity contribution in [1.29, 1.82) is 0 Å². The molecule has 3 rings (SSSR count). The molecule has 0 aliphatic rings. The largest absolute Gasteiger partial charge is 0.405 e. The van der Waals surface area contributed by atoms with Gasteiger partial charge in [0, 0.05) is 12.6 Å². The first-order valence-electron chi connectivity index (χ1n) is 20.3. The molecule has 0 saturated heterocycles. The maximum atomic E-state index is 11.2. The summed E-state index contributed by atoms with van der Waals surface area (Å²) in [6.45, 7) is 15.5. The molecule has 18 heteroatoms. The van der Waals surface area contributed by atoms with E-state index >= 15 is 0 Å². The summed E-state index contributed by atoms with van der Waals surface area (Å²) in [6.07, 6.45) is 0. The minimum atomic E-state index is -2.56. The Hall–Kier alpha value is -3.92. The number of hydrogen-bond acceptors (Lipinski definition) is 15. The van der Waals surface area contributed by atoms with E-state index in [9.17, 15) is 20.2 Å². The van der Waals surface area contributed by atoms with Gasteiger partial charge in [0.15, 0.2) is 0 Å². The molecule has 0 bridgehead atoms. The van der Waals surface area contributed by atoms with Crippen molar-refractivity contribution in [1.82, 2.24) is 0 Å². The highest BCUT2D eigenvalue weighted by Crippen LogP contribution is 2.36. The number of hydrogen-bond donors (Lipinski definition) is 1. The average Bonchev–Trinajstić information content (AvgIpc) is 3.24. The first-order valence-corrected chi connectivity index (χ1v) is 22.2. The number of nitrogens with zero attached hydrogens (tertiary/aromatic N) is 2. The van der Waals surface area contributed by atoms with Crippen LogP contribution in [0, 0.1) is 20.2 Å². The van der Waals surface area contributed by atoms with E-state index in [2.05, 4.69) is 74.6 Å². The molecule has 334 valence electrons. The fourth-order valence-corrected chi connectivity index (χ4v) is 10.6. The highest BCUT2D eigenvalue weighted by Gasteiger charge is 2.50. The summed E-state index contributed by atoms with van der Waals surface area (Å²) in [5.74, 6) is 0. The quantitative estimate of drug-likeness (QED) is 0.0368. The van der Waals surface area contributed by atoms with Crippen molar-refractivity contribution in [2.45, 2.75) is 25.8 Å². The van der Waals surface area contributed by atoms with Gasteiger partial charge < -0.3 is 52.4 Å². The molecule has 0 atom stereocenters. The predicted molar refractivity (Wildman–Crippen MR) is 229 cm³/mol. The Morgan fingerprint density at radius 1 is 0.483 bits per heavy atom. The molecular weight excluding hydrogens is 799 g/mol. The Kier molecular flexibility index (Phi) is 25.4. The second-order valence-corrected chi connectivity index (χ2v) is 18.5. The van der Waals surface area contributed by atoms with E-state index in [0.717, 1.165) is 6.07 Å². The van der Waals surface area contributed by atoms with Crippen LogP contribution < -0.4 is 15.7 Å². The number of benzene rings is 3. The van der Waals surface area contributed by atoms with E-state index in [1.54, 1.807) is 0 Å². The molecule has 0 heterocycles. The van der Waals surface area contributed by atoms with Gasteiger partial charge in [-0.2, -0.15) is 0 Å². The van der Waals surface area contributed by atoms with Crippen molar-refractivity contribution >= 4 is 35.8 Å². The van der Waals surface area contributed by atoms with E-state index < -0.39 is 18.2 Å². The lowest BCUT2D eigenvalue weighted by atomic mass is 10.2. The number of non-ortho nitro benzene ring substituents is 1. The van der Waals surface area contributed by atoms with E-state index in [1.807, 2.05) is 12.1 Å². The lowest BCUT2D eigenvalue weighted by Crippen LogP contribution is -2.66. The maximum absolute atomic E-state index is 11.2. The number of nitro benzene ring substituents is 2. The van der Waals surface area contributed by atoms with Gasteiger partial charge in [0.2, 0.25) is 0 Å². The molecular formula is C42H63N3O14Si. The zero-order valence-corrected chi connectivity index (χ0v) is 36.3. The summed E-state index contributed by atoms with van der Waals surface area (Å²) in [5.41, 5.74) is -0.527. The van der Waals surface area contributed by atoms with Crippen LogP contribution in [0.1, 0.15) is 20.8 Å². The second kappa shape index (κ2) is 30.2. The van der Waals surface area contributed by atoms with Crippen LogP contribution >= 0.6 is 0 Å². The molecule has 0 fully saturated rings. The molecule has 1 N–H and O–H groups in total. The van der Waals surface area contributed by atoms with Crippen molar-refractivity contribution in [3.8, 4) is 0 Å². The zero-order chi connectivity index (χ0) is 43.2. The lowest BCUT2D eigenvalue weighted by molar-refractivity contribution is -0.393. The summed E-state index contributed by atoms with van der Waals surface area (Å²) < 4.78 is 56.8. The summed E-state index contributed by atoms with van der Waals surface area (Å²) >= 11 is 0. The molecule has 0 spiro atoms. The number of rotatable bonds is 36. The Morgan fingerprint density at radius 2 is 0.833 bits per heavy atom. The minimum absolute atomic E-state index is 0.0718. The summed E-state index contributed by atoms with van der Waals surface area (Å²) in [6, 6.07) is 24.6. The maximum Gasteiger partial charge on any atom is 0.299 e. The van der Waals surface area contributed by atoms with Gasteiger partial charge in [0.1, 0.15) is 5.69 Å². The van der Waals surface area contributed by atoms with Crippen molar-refractivity contribution in [2.75, 3.05) is 137 Å². The van der Waals surface area contributed by atoms with Gasteiger partial charge in [-0.3, -0.25) is 20.2 Å². The van der Waals surface area contributed by atoms with E-state index in [-0.39, 0.29) is 35.3 Å². The molecule has 60 heavy (non-hydrogen) atoms. The first-order chi connectivity index (χ1) is 29.2. The summed E-state index contributed by atoms with van der Waals surface area (Å²) in [7, 11) is -2.56. The van der Waals surface area contributed by atoms with Crippen LogP contribution in [0.5, 0.6) is 0 Å². The fourth-order valence-electron chi connectivity index (χ4n) is 6.07. The van der Waals surface area contributed by atoms with Crippen LogP contribution in [0.2, 0.25) is 5.04 Å². The van der Waals surface area contributed by atoms with Gasteiger partial charge in [0.05, 0.1) is 141 Å². The number of ether oxygens (including phenoxy) is 9. The van der Waals surface area contributed by atoms with Gasteiger partial charge >= 0.3 is 0 Å². The molecule has 0 unspecified atom stereocenters. The van der Waals surface area contributed by atoms with Crippen LogP contribution in [0.3, 0.4) is 0 Å². The second-order valence-electron chi connectivity index (χ2n) is 14.2. The van der Waals surface area contributed by atoms with Gasteiger partial charge in [0.25, 0.3) is 19.7 Å². The standard InChI is InChI=1S/C42H63N3O14Si/c1-42(2,3)60(38-10-6-4-7-11-38,39-12-8-5-9-13-39)59-35-34-58-33-32-57-31-30-56-29-28-55-27-26-54-25-24-53-23-22-52-21-20-51-19-18-50-17-16-43-40-15-14-37(44(46)47)36-41(40)45(48)49/h4-15,36,43H,16-35H2,1-3H3. The third-order valence-electron chi connectivity index (χ3n) is 8.89. The number of nitrogens with one attached hydrogen (secondary N) is 1. The Bertz CT molecular complexity index is 1550. The molecule has 0 amide bonds. The highest BCUT2D eigenvalue weighted by atomic mass is 28.4. The Balaban J connectivity index is 1.03. The van der Waals surface area contributed by atoms with Gasteiger partial charge in [-0.05, 0) is 21.5 Å². The zero-order valence-electron chi connectivity index (χ0n) is 35.3. The Labute approximate surface area is 354 Å². The summed E-state index contributed by atoms with van der Waals surface area (Å²) in [5, 5.41) is 27.3. The van der Waals surface area contributed by atoms with Gasteiger partial charge in [-0.15, -0.1) is 0 Å². The smallest absolute Gasteiger partial charge is 0.299 e. The first kappa shape index (κ1) is 50.4. The molecule has 17 nitrogen and oxygen atoms in total. The van der Waals surface area contributed by atoms with Crippen LogP contribution in [0.4, 0.5) is 17.1 Å². The topological polar surface area (TPSA) is 191 Å². The minimum Gasteiger partial charge on any atom is -0.405 e. The third-order valence-corrected chi connectivity index (χ3v) is 13.9. The highest BCUT2D eigenvalue weighted by molar-refractivity contribution is 6.99. The van der Waals surface area contributed by atoms with Crippen LogP contribution in [0.15, 0.2) is 78.9 Å². The normalized spacial score (nSPS) is 11.8. The van der Waals surface area contributed by atoms with Crippen molar-refractivity contribution < 1.29 is 56.9 Å². The third kappa shape index (κ3) is 19.2. The molecule has 0 aliphatic carbocycles. The molecule has 0 aliphatic heterocycles. The molecule has 3 aromatic carbocycles. The van der Waals surface area contributed by atoms with E-state index in [0.29, 0.717) is 119 Å².